The molecule has 1 heterocycles. The number of hydrogen-bond acceptors (Lipinski definition) is 2. The van der Waals surface area contributed by atoms with Crippen molar-refractivity contribution in [1.82, 2.24) is 0 Å². The van der Waals surface area contributed by atoms with Crippen LogP contribution in [0.1, 0.15) is 32.1 Å². The van der Waals surface area contributed by atoms with Crippen LogP contribution in [0.2, 0.25) is 0 Å². The second-order valence-electron chi connectivity index (χ2n) is 4.53. The van der Waals surface area contributed by atoms with Crippen molar-refractivity contribution in [1.29, 1.82) is 0 Å². The SMILES string of the molecule is O=C(C[NH+]1CCSC1)C1CCCCC1. The number of hydrogen-bond donors (Lipinski definition) is 1. The van der Waals surface area contributed by atoms with Gasteiger partial charge in [-0.25, -0.2) is 0 Å². The molecule has 2 aliphatic rings. The fraction of sp³-hybridized carbons (Fsp3) is 0.909. The van der Waals surface area contributed by atoms with Gasteiger partial charge >= 0.3 is 0 Å². The summed E-state index contributed by atoms with van der Waals surface area (Å²) in [7, 11) is 0. The largest absolute Gasteiger partial charge is 0.320 e. The molecule has 14 heavy (non-hydrogen) atoms. The average molecular weight is 214 g/mol. The molecule has 1 saturated carbocycles. The van der Waals surface area contributed by atoms with Crippen molar-refractivity contribution in [3.8, 4) is 0 Å². The van der Waals surface area contributed by atoms with Gasteiger partial charge in [-0.2, -0.15) is 0 Å². The first-order valence-corrected chi connectivity index (χ1v) is 6.96. The lowest BCUT2D eigenvalue weighted by atomic mass is 9.86. The normalized spacial score (nSPS) is 29.3. The Hall–Kier alpha value is -0.0200. The summed E-state index contributed by atoms with van der Waals surface area (Å²) in [4.78, 5) is 13.4. The summed E-state index contributed by atoms with van der Waals surface area (Å²) in [5.41, 5.74) is 0. The van der Waals surface area contributed by atoms with Crippen LogP contribution in [0.4, 0.5) is 0 Å². The van der Waals surface area contributed by atoms with Gasteiger partial charge in [-0.15, -0.1) is 0 Å². The Balaban J connectivity index is 1.75. The molecule has 80 valence electrons. The van der Waals surface area contributed by atoms with Crippen LogP contribution in [-0.2, 0) is 4.79 Å². The molecule has 1 aliphatic heterocycles. The van der Waals surface area contributed by atoms with Gasteiger partial charge in [0.15, 0.2) is 5.78 Å². The van der Waals surface area contributed by atoms with Crippen molar-refractivity contribution in [2.75, 3.05) is 24.7 Å². The molecule has 0 spiro atoms. The zero-order valence-corrected chi connectivity index (χ0v) is 9.57. The van der Waals surface area contributed by atoms with Gasteiger partial charge in [0.25, 0.3) is 0 Å². The third kappa shape index (κ3) is 2.74. The van der Waals surface area contributed by atoms with Crippen LogP contribution in [0.5, 0.6) is 0 Å². The molecule has 1 N–H and O–H groups in total. The zero-order valence-electron chi connectivity index (χ0n) is 8.76. The predicted octanol–water partition coefficient (Wildman–Crippen LogP) is 0.725. The van der Waals surface area contributed by atoms with Gasteiger partial charge < -0.3 is 4.90 Å². The monoisotopic (exact) mass is 214 g/mol. The number of carbonyl (C=O) groups excluding carboxylic acids is 1. The summed E-state index contributed by atoms with van der Waals surface area (Å²) in [5, 5.41) is 0. The van der Waals surface area contributed by atoms with E-state index >= 15 is 0 Å². The quantitative estimate of drug-likeness (QED) is 0.748. The number of Topliss-reactive ketones (excluding diaryl/α,β-unsaturated/α-hetero) is 1. The van der Waals surface area contributed by atoms with Gasteiger partial charge in [0.2, 0.25) is 0 Å². The smallest absolute Gasteiger partial charge is 0.189 e. The molecular formula is C11H20NOS+. The highest BCUT2D eigenvalue weighted by Crippen LogP contribution is 2.23. The lowest BCUT2D eigenvalue weighted by Crippen LogP contribution is -3.11. The molecule has 2 rings (SSSR count). The van der Waals surface area contributed by atoms with Crippen LogP contribution in [0, 0.1) is 5.92 Å². The Labute approximate surface area is 90.4 Å². The van der Waals surface area contributed by atoms with E-state index in [9.17, 15) is 4.79 Å². The Bertz CT molecular complexity index is 195. The average Bonchev–Trinajstić information content (AvgIpc) is 2.72. The molecule has 3 heteroatoms. The maximum absolute atomic E-state index is 11.9. The van der Waals surface area contributed by atoms with E-state index in [0.717, 1.165) is 12.4 Å². The minimum Gasteiger partial charge on any atom is -0.320 e. The molecule has 0 aromatic heterocycles. The minimum absolute atomic E-state index is 0.418. The molecule has 0 amide bonds. The summed E-state index contributed by atoms with van der Waals surface area (Å²) in [6, 6.07) is 0. The summed E-state index contributed by atoms with van der Waals surface area (Å²) >= 11 is 1.98. The van der Waals surface area contributed by atoms with E-state index in [1.165, 1.54) is 49.3 Å². The van der Waals surface area contributed by atoms with Crippen LogP contribution < -0.4 is 4.90 Å². The van der Waals surface area contributed by atoms with Crippen LogP contribution >= 0.6 is 11.8 Å². The summed E-state index contributed by atoms with van der Waals surface area (Å²) in [6.07, 6.45) is 6.23. The second kappa shape index (κ2) is 5.17. The molecule has 0 bridgehead atoms. The van der Waals surface area contributed by atoms with Crippen molar-refractivity contribution >= 4 is 17.5 Å². The first kappa shape index (κ1) is 10.5. The lowest BCUT2D eigenvalue weighted by Gasteiger charge is -2.21. The number of ketones is 1. The Morgan fingerprint density at radius 2 is 2.07 bits per heavy atom. The first-order valence-electron chi connectivity index (χ1n) is 5.80. The molecule has 1 aliphatic carbocycles. The Kier molecular flexibility index (Phi) is 3.88. The second-order valence-corrected chi connectivity index (χ2v) is 5.64. The molecule has 2 fully saturated rings. The molecule has 0 radical (unpaired) electrons. The van der Waals surface area contributed by atoms with E-state index in [-0.39, 0.29) is 0 Å². The molecule has 0 aromatic rings. The molecule has 1 unspecified atom stereocenters. The highest BCUT2D eigenvalue weighted by molar-refractivity contribution is 7.99. The van der Waals surface area contributed by atoms with E-state index in [0.29, 0.717) is 11.7 Å². The lowest BCUT2D eigenvalue weighted by molar-refractivity contribution is -0.871. The van der Waals surface area contributed by atoms with Gasteiger partial charge in [0, 0.05) is 11.7 Å². The van der Waals surface area contributed by atoms with E-state index < -0.39 is 0 Å². The fourth-order valence-electron chi connectivity index (χ4n) is 2.46. The summed E-state index contributed by atoms with van der Waals surface area (Å²) < 4.78 is 0. The first-order chi connectivity index (χ1) is 6.86. The molecule has 0 aromatic carbocycles. The molecule has 2 nitrogen and oxygen atoms in total. The van der Waals surface area contributed by atoms with E-state index in [2.05, 4.69) is 0 Å². The van der Waals surface area contributed by atoms with Gasteiger partial charge in [-0.3, -0.25) is 4.79 Å². The Morgan fingerprint density at radius 1 is 1.29 bits per heavy atom. The van der Waals surface area contributed by atoms with Crippen molar-refractivity contribution in [3.63, 3.8) is 0 Å². The van der Waals surface area contributed by atoms with Crippen molar-refractivity contribution in [3.05, 3.63) is 0 Å². The van der Waals surface area contributed by atoms with Gasteiger partial charge in [0.05, 0.1) is 6.54 Å². The van der Waals surface area contributed by atoms with Gasteiger partial charge in [0.1, 0.15) is 12.4 Å². The third-order valence-electron chi connectivity index (χ3n) is 3.39. The number of quaternary nitrogens is 1. The number of nitrogens with one attached hydrogen (secondary N) is 1. The van der Waals surface area contributed by atoms with Crippen LogP contribution in [0.15, 0.2) is 0 Å². The molecule has 1 saturated heterocycles. The van der Waals surface area contributed by atoms with E-state index in [1.807, 2.05) is 11.8 Å². The molecule has 1 atom stereocenters. The van der Waals surface area contributed by atoms with Crippen LogP contribution in [0.3, 0.4) is 0 Å². The third-order valence-corrected chi connectivity index (χ3v) is 4.50. The van der Waals surface area contributed by atoms with E-state index in [1.54, 1.807) is 0 Å². The predicted molar refractivity (Wildman–Crippen MR) is 59.6 cm³/mol. The van der Waals surface area contributed by atoms with Gasteiger partial charge in [-0.05, 0) is 12.8 Å². The van der Waals surface area contributed by atoms with Crippen molar-refractivity contribution < 1.29 is 9.69 Å². The van der Waals surface area contributed by atoms with Crippen LogP contribution in [-0.4, -0.2) is 30.5 Å². The minimum atomic E-state index is 0.418. The molecular weight excluding hydrogens is 194 g/mol. The fourth-order valence-corrected chi connectivity index (χ4v) is 3.57. The summed E-state index contributed by atoms with van der Waals surface area (Å²) in [6.45, 7) is 2.00. The highest BCUT2D eigenvalue weighted by atomic mass is 32.2. The topological polar surface area (TPSA) is 21.5 Å². The number of carbonyl (C=O) groups is 1. The standard InChI is InChI=1S/C11H19NOS/c13-11(8-12-6-7-14-9-12)10-4-2-1-3-5-10/h10H,1-9H2/p+1. The van der Waals surface area contributed by atoms with Crippen LogP contribution in [0.25, 0.3) is 0 Å². The highest BCUT2D eigenvalue weighted by Gasteiger charge is 2.26. The van der Waals surface area contributed by atoms with Crippen molar-refractivity contribution in [2.45, 2.75) is 32.1 Å². The Morgan fingerprint density at radius 3 is 2.71 bits per heavy atom. The maximum atomic E-state index is 11.9. The number of thioether (sulfide) groups is 1. The van der Waals surface area contributed by atoms with Gasteiger partial charge in [-0.1, -0.05) is 31.0 Å². The summed E-state index contributed by atoms with van der Waals surface area (Å²) in [5.74, 6) is 3.36. The maximum Gasteiger partial charge on any atom is 0.189 e. The van der Waals surface area contributed by atoms with E-state index in [4.69, 9.17) is 0 Å². The number of rotatable bonds is 3. The zero-order chi connectivity index (χ0) is 9.80. The van der Waals surface area contributed by atoms with Crippen molar-refractivity contribution in [2.24, 2.45) is 5.92 Å².